The number of ether oxygens (including phenoxy) is 2. The number of benzene rings is 2. The zero-order valence-electron chi connectivity index (χ0n) is 17.5. The fourth-order valence-electron chi connectivity index (χ4n) is 2.97. The van der Waals surface area contributed by atoms with E-state index in [1.54, 1.807) is 0 Å². The molecule has 0 radical (unpaired) electrons. The van der Waals surface area contributed by atoms with E-state index in [2.05, 4.69) is 37.3 Å². The minimum Gasteiger partial charge on any atom is -0.494 e. The van der Waals surface area contributed by atoms with Crippen LogP contribution in [0, 0.1) is 0 Å². The lowest BCUT2D eigenvalue weighted by Crippen LogP contribution is -1.98. The number of hydrogen-bond acceptors (Lipinski definition) is 4. The van der Waals surface area contributed by atoms with E-state index in [1.807, 2.05) is 24.3 Å². The Morgan fingerprint density at radius 3 is 1.66 bits per heavy atom. The highest BCUT2D eigenvalue weighted by atomic mass is 16.5. The van der Waals surface area contributed by atoms with Crippen molar-refractivity contribution in [2.24, 2.45) is 0 Å². The lowest BCUT2D eigenvalue weighted by atomic mass is 10.0. The Morgan fingerprint density at radius 2 is 1.17 bits per heavy atom. The van der Waals surface area contributed by atoms with Crippen molar-refractivity contribution in [3.8, 4) is 11.5 Å². The predicted molar refractivity (Wildman–Crippen MR) is 119 cm³/mol. The van der Waals surface area contributed by atoms with Crippen LogP contribution in [0.2, 0.25) is 0 Å². The molecule has 0 unspecified atom stereocenters. The van der Waals surface area contributed by atoms with Gasteiger partial charge in [-0.15, -0.1) is 0 Å². The van der Waals surface area contributed by atoms with Crippen molar-refractivity contribution in [3.63, 3.8) is 0 Å². The molecule has 0 fully saturated rings. The Labute approximate surface area is 174 Å². The molecular formula is C25H34O4. The molecule has 0 bridgehead atoms. The van der Waals surface area contributed by atoms with Crippen molar-refractivity contribution in [3.05, 3.63) is 59.7 Å². The molecular weight excluding hydrogens is 364 g/mol. The SMILES string of the molecule is C/C(=C/c1ccc(OCCCCCO)cc1)c1ccc(OCCCCCO)cc1. The largest absolute Gasteiger partial charge is 0.494 e. The molecule has 0 amide bonds. The third kappa shape index (κ3) is 9.16. The van der Waals surface area contributed by atoms with Crippen molar-refractivity contribution in [2.75, 3.05) is 26.4 Å². The third-order valence-electron chi connectivity index (χ3n) is 4.72. The van der Waals surface area contributed by atoms with Crippen LogP contribution in [-0.2, 0) is 0 Å². The average Bonchev–Trinajstić information content (AvgIpc) is 2.75. The van der Waals surface area contributed by atoms with Crippen LogP contribution >= 0.6 is 0 Å². The molecule has 2 rings (SSSR count). The van der Waals surface area contributed by atoms with E-state index in [4.69, 9.17) is 19.7 Å². The van der Waals surface area contributed by atoms with Gasteiger partial charge in [-0.05, 0) is 86.4 Å². The molecule has 0 saturated heterocycles. The van der Waals surface area contributed by atoms with E-state index in [1.165, 1.54) is 11.1 Å². The Balaban J connectivity index is 1.82. The van der Waals surface area contributed by atoms with Gasteiger partial charge in [0.2, 0.25) is 0 Å². The van der Waals surface area contributed by atoms with E-state index in [0.29, 0.717) is 13.2 Å². The average molecular weight is 399 g/mol. The highest BCUT2D eigenvalue weighted by Crippen LogP contribution is 2.22. The first-order valence-corrected chi connectivity index (χ1v) is 10.6. The van der Waals surface area contributed by atoms with Crippen molar-refractivity contribution in [2.45, 2.75) is 45.4 Å². The second-order valence-electron chi connectivity index (χ2n) is 7.19. The molecule has 2 aromatic rings. The molecule has 0 aliphatic heterocycles. The summed E-state index contributed by atoms with van der Waals surface area (Å²) in [6.07, 6.45) is 7.74. The van der Waals surface area contributed by atoms with Crippen LogP contribution in [0.3, 0.4) is 0 Å². The van der Waals surface area contributed by atoms with Gasteiger partial charge < -0.3 is 19.7 Å². The molecule has 0 heterocycles. The quantitative estimate of drug-likeness (QED) is 0.334. The van der Waals surface area contributed by atoms with Crippen molar-refractivity contribution >= 4 is 11.6 Å². The molecule has 158 valence electrons. The van der Waals surface area contributed by atoms with E-state index in [9.17, 15) is 0 Å². The van der Waals surface area contributed by atoms with Gasteiger partial charge in [-0.25, -0.2) is 0 Å². The van der Waals surface area contributed by atoms with Gasteiger partial charge in [-0.3, -0.25) is 0 Å². The molecule has 2 aromatic carbocycles. The van der Waals surface area contributed by atoms with Crippen LogP contribution in [0.5, 0.6) is 11.5 Å². The van der Waals surface area contributed by atoms with Crippen LogP contribution in [0.1, 0.15) is 56.6 Å². The van der Waals surface area contributed by atoms with E-state index in [-0.39, 0.29) is 13.2 Å². The number of aliphatic hydroxyl groups is 2. The predicted octanol–water partition coefficient (Wildman–Crippen LogP) is 5.33. The maximum atomic E-state index is 8.79. The van der Waals surface area contributed by atoms with Crippen LogP contribution in [-0.4, -0.2) is 36.6 Å². The molecule has 0 atom stereocenters. The van der Waals surface area contributed by atoms with E-state index < -0.39 is 0 Å². The minimum atomic E-state index is 0.251. The van der Waals surface area contributed by atoms with Gasteiger partial charge in [0.05, 0.1) is 13.2 Å². The molecule has 29 heavy (non-hydrogen) atoms. The van der Waals surface area contributed by atoms with E-state index >= 15 is 0 Å². The second kappa shape index (κ2) is 13.8. The number of hydrogen-bond donors (Lipinski definition) is 2. The van der Waals surface area contributed by atoms with Crippen molar-refractivity contribution in [1.29, 1.82) is 0 Å². The Bertz CT molecular complexity index is 705. The number of allylic oxidation sites excluding steroid dienone is 1. The summed E-state index contributed by atoms with van der Waals surface area (Å²) in [5.74, 6) is 1.76. The topological polar surface area (TPSA) is 58.9 Å². The van der Waals surface area contributed by atoms with Gasteiger partial charge in [-0.1, -0.05) is 30.3 Å². The minimum absolute atomic E-state index is 0.251. The van der Waals surface area contributed by atoms with Crippen LogP contribution in [0.15, 0.2) is 48.5 Å². The molecule has 0 spiro atoms. The zero-order chi connectivity index (χ0) is 20.7. The van der Waals surface area contributed by atoms with Crippen LogP contribution < -0.4 is 9.47 Å². The van der Waals surface area contributed by atoms with Gasteiger partial charge in [0, 0.05) is 13.2 Å². The summed E-state index contributed by atoms with van der Waals surface area (Å²) >= 11 is 0. The molecule has 4 nitrogen and oxygen atoms in total. The number of unbranched alkanes of at least 4 members (excludes halogenated alkanes) is 4. The summed E-state index contributed by atoms with van der Waals surface area (Å²) in [5.41, 5.74) is 3.50. The maximum absolute atomic E-state index is 8.79. The van der Waals surface area contributed by atoms with Gasteiger partial charge in [0.25, 0.3) is 0 Å². The Morgan fingerprint density at radius 1 is 0.690 bits per heavy atom. The highest BCUT2D eigenvalue weighted by Gasteiger charge is 2.00. The standard InChI is InChI=1S/C25H34O4/c1-21(23-10-14-25(15-11-23)29-19-7-3-5-17-27)20-22-8-12-24(13-9-22)28-18-6-2-4-16-26/h8-15,20,26-27H,2-7,16-19H2,1H3/b21-20-. The Hall–Kier alpha value is -2.30. The zero-order valence-corrected chi connectivity index (χ0v) is 17.5. The molecule has 0 aromatic heterocycles. The lowest BCUT2D eigenvalue weighted by molar-refractivity contribution is 0.265. The van der Waals surface area contributed by atoms with Crippen LogP contribution in [0.25, 0.3) is 11.6 Å². The molecule has 0 saturated carbocycles. The second-order valence-corrected chi connectivity index (χ2v) is 7.19. The van der Waals surface area contributed by atoms with Crippen LogP contribution in [0.4, 0.5) is 0 Å². The fraction of sp³-hybridized carbons (Fsp3) is 0.440. The monoisotopic (exact) mass is 398 g/mol. The van der Waals surface area contributed by atoms with Gasteiger partial charge in [0.15, 0.2) is 0 Å². The lowest BCUT2D eigenvalue weighted by Gasteiger charge is -2.08. The number of rotatable bonds is 14. The first kappa shape index (κ1) is 23.0. The van der Waals surface area contributed by atoms with E-state index in [0.717, 1.165) is 55.6 Å². The summed E-state index contributed by atoms with van der Waals surface area (Å²) in [7, 11) is 0. The van der Waals surface area contributed by atoms with Crippen molar-refractivity contribution < 1.29 is 19.7 Å². The fourth-order valence-corrected chi connectivity index (χ4v) is 2.97. The molecule has 2 N–H and O–H groups in total. The Kier molecular flexibility index (Phi) is 10.9. The number of aliphatic hydroxyl groups excluding tert-OH is 2. The summed E-state index contributed by atoms with van der Waals surface area (Å²) in [6.45, 7) is 3.98. The smallest absolute Gasteiger partial charge is 0.119 e. The first-order chi connectivity index (χ1) is 14.2. The molecule has 0 aliphatic rings. The highest BCUT2D eigenvalue weighted by molar-refractivity contribution is 5.80. The summed E-state index contributed by atoms with van der Waals surface area (Å²) in [6, 6.07) is 16.3. The van der Waals surface area contributed by atoms with Crippen molar-refractivity contribution in [1.82, 2.24) is 0 Å². The first-order valence-electron chi connectivity index (χ1n) is 10.6. The summed E-state index contributed by atoms with van der Waals surface area (Å²) < 4.78 is 11.5. The van der Waals surface area contributed by atoms with Gasteiger partial charge in [-0.2, -0.15) is 0 Å². The molecule has 4 heteroatoms. The molecule has 0 aliphatic carbocycles. The maximum Gasteiger partial charge on any atom is 0.119 e. The normalized spacial score (nSPS) is 11.5. The summed E-state index contributed by atoms with van der Waals surface area (Å²) in [5, 5.41) is 17.6. The van der Waals surface area contributed by atoms with Gasteiger partial charge in [0.1, 0.15) is 11.5 Å². The van der Waals surface area contributed by atoms with Gasteiger partial charge >= 0.3 is 0 Å². The third-order valence-corrected chi connectivity index (χ3v) is 4.72. The summed E-state index contributed by atoms with van der Waals surface area (Å²) in [4.78, 5) is 0.